The molecule has 0 saturated carbocycles. The van der Waals surface area contributed by atoms with Gasteiger partial charge in [-0.1, -0.05) is 6.08 Å². The molecule has 0 aromatic carbocycles. The molecule has 5 nitrogen and oxygen atoms in total. The summed E-state index contributed by atoms with van der Waals surface area (Å²) in [6, 6.07) is 4.85. The number of amides is 1. The van der Waals surface area contributed by atoms with E-state index in [1.165, 1.54) is 63.8 Å². The highest BCUT2D eigenvalue weighted by Crippen LogP contribution is 2.26. The molecule has 1 aliphatic carbocycles. The molecule has 0 unspecified atom stereocenters. The van der Waals surface area contributed by atoms with Crippen molar-refractivity contribution in [2.75, 3.05) is 39.8 Å². The zero-order valence-electron chi connectivity index (χ0n) is 18.6. The van der Waals surface area contributed by atoms with Crippen LogP contribution in [0.3, 0.4) is 0 Å². The number of carbonyl (C=O) groups is 1. The third-order valence-electron chi connectivity index (χ3n) is 7.31. The lowest BCUT2D eigenvalue weighted by molar-refractivity contribution is -0.129. The molecule has 2 aliphatic heterocycles. The van der Waals surface area contributed by atoms with Crippen LogP contribution in [0.25, 0.3) is 0 Å². The van der Waals surface area contributed by atoms with Crippen LogP contribution in [0.4, 0.5) is 0 Å². The number of piperidine rings is 2. The first-order valence-electron chi connectivity index (χ1n) is 12.0. The monoisotopic (exact) mass is 410 g/mol. The van der Waals surface area contributed by atoms with Gasteiger partial charge >= 0.3 is 0 Å². The average molecular weight is 411 g/mol. The van der Waals surface area contributed by atoms with Crippen molar-refractivity contribution in [3.63, 3.8) is 0 Å². The van der Waals surface area contributed by atoms with Gasteiger partial charge in [-0.2, -0.15) is 0 Å². The molecule has 2 fully saturated rings. The number of pyridine rings is 1. The molecule has 3 heterocycles. The van der Waals surface area contributed by atoms with E-state index in [1.807, 2.05) is 24.5 Å². The Morgan fingerprint density at radius 1 is 1.07 bits per heavy atom. The maximum Gasteiger partial charge on any atom is 0.249 e. The summed E-state index contributed by atoms with van der Waals surface area (Å²) >= 11 is 0. The lowest BCUT2D eigenvalue weighted by Crippen LogP contribution is -2.48. The van der Waals surface area contributed by atoms with Crippen molar-refractivity contribution >= 4 is 5.91 Å². The van der Waals surface area contributed by atoms with Crippen molar-refractivity contribution in [1.82, 2.24) is 19.7 Å². The van der Waals surface area contributed by atoms with Crippen molar-refractivity contribution in [3.05, 3.63) is 41.7 Å². The van der Waals surface area contributed by atoms with E-state index in [4.69, 9.17) is 0 Å². The molecule has 0 spiro atoms. The molecule has 1 amide bonds. The second kappa shape index (κ2) is 10.5. The number of nitrogens with zero attached hydrogens (tertiary/aromatic N) is 4. The van der Waals surface area contributed by atoms with Gasteiger partial charge in [-0.3, -0.25) is 9.78 Å². The Labute approximate surface area is 182 Å². The molecule has 164 valence electrons. The van der Waals surface area contributed by atoms with Crippen LogP contribution in [0.2, 0.25) is 0 Å². The standard InChI is InChI=1S/C25H38N4O/c1-27-15-11-24(12-16-27)28-17-9-22(10-18-28)20-29(19-21-7-13-26-14-8-21)25(30)23-5-3-2-4-6-23/h5,7-8,13-14,22,24H,2-4,6,9-12,15-20H2,1H3. The first kappa shape index (κ1) is 21.5. The quantitative estimate of drug-likeness (QED) is 0.717. The number of rotatable bonds is 6. The fraction of sp³-hybridized carbons (Fsp3) is 0.680. The van der Waals surface area contributed by atoms with Crippen LogP contribution in [0.1, 0.15) is 56.9 Å². The lowest BCUT2D eigenvalue weighted by Gasteiger charge is -2.42. The zero-order valence-corrected chi connectivity index (χ0v) is 18.6. The predicted octanol–water partition coefficient (Wildman–Crippen LogP) is 3.72. The third kappa shape index (κ3) is 5.70. The SMILES string of the molecule is CN1CCC(N2CCC(CN(Cc3ccncc3)C(=O)C3=CCCCC3)CC2)CC1. The number of hydrogen-bond donors (Lipinski definition) is 0. The van der Waals surface area contributed by atoms with Crippen molar-refractivity contribution in [2.24, 2.45) is 5.92 Å². The van der Waals surface area contributed by atoms with Crippen LogP contribution >= 0.6 is 0 Å². The van der Waals surface area contributed by atoms with Crippen LogP contribution in [0.5, 0.6) is 0 Å². The van der Waals surface area contributed by atoms with Gasteiger partial charge in [-0.05, 0) is 108 Å². The van der Waals surface area contributed by atoms with Crippen molar-refractivity contribution in [3.8, 4) is 0 Å². The van der Waals surface area contributed by atoms with E-state index in [0.29, 0.717) is 12.5 Å². The van der Waals surface area contributed by atoms with E-state index in [2.05, 4.69) is 32.8 Å². The Morgan fingerprint density at radius 3 is 2.47 bits per heavy atom. The topological polar surface area (TPSA) is 39.7 Å². The molecule has 0 radical (unpaired) electrons. The van der Waals surface area contributed by atoms with Gasteiger partial charge in [0.1, 0.15) is 0 Å². The zero-order chi connectivity index (χ0) is 20.8. The molecule has 0 bridgehead atoms. The van der Waals surface area contributed by atoms with Gasteiger partial charge in [-0.15, -0.1) is 0 Å². The third-order valence-corrected chi connectivity index (χ3v) is 7.31. The lowest BCUT2D eigenvalue weighted by atomic mass is 9.92. The summed E-state index contributed by atoms with van der Waals surface area (Å²) in [5.41, 5.74) is 2.22. The highest BCUT2D eigenvalue weighted by Gasteiger charge is 2.29. The summed E-state index contributed by atoms with van der Waals surface area (Å²) in [7, 11) is 2.23. The van der Waals surface area contributed by atoms with Gasteiger partial charge in [0.2, 0.25) is 5.91 Å². The summed E-state index contributed by atoms with van der Waals surface area (Å²) in [6.07, 6.45) is 15.3. The average Bonchev–Trinajstić information content (AvgIpc) is 2.80. The molecule has 4 rings (SSSR count). The van der Waals surface area contributed by atoms with Crippen LogP contribution in [0, 0.1) is 5.92 Å². The fourth-order valence-corrected chi connectivity index (χ4v) is 5.34. The Hall–Kier alpha value is -1.72. The van der Waals surface area contributed by atoms with Crippen molar-refractivity contribution < 1.29 is 4.79 Å². The van der Waals surface area contributed by atoms with Gasteiger partial charge in [0, 0.05) is 37.1 Å². The van der Waals surface area contributed by atoms with Gasteiger partial charge in [-0.25, -0.2) is 0 Å². The normalized spacial score (nSPS) is 22.6. The Balaban J connectivity index is 1.35. The largest absolute Gasteiger partial charge is 0.334 e. The molecule has 2 saturated heterocycles. The van der Waals surface area contributed by atoms with Gasteiger partial charge in [0.25, 0.3) is 0 Å². The minimum Gasteiger partial charge on any atom is -0.334 e. The number of aromatic nitrogens is 1. The van der Waals surface area contributed by atoms with E-state index >= 15 is 0 Å². The summed E-state index contributed by atoms with van der Waals surface area (Å²) in [5.74, 6) is 0.881. The smallest absolute Gasteiger partial charge is 0.249 e. The number of carbonyl (C=O) groups excluding carboxylic acids is 1. The Kier molecular flexibility index (Phi) is 7.56. The van der Waals surface area contributed by atoms with E-state index < -0.39 is 0 Å². The van der Waals surface area contributed by atoms with Crippen LogP contribution < -0.4 is 0 Å². The number of hydrogen-bond acceptors (Lipinski definition) is 4. The highest BCUT2D eigenvalue weighted by atomic mass is 16.2. The van der Waals surface area contributed by atoms with E-state index in [0.717, 1.165) is 37.4 Å². The van der Waals surface area contributed by atoms with Crippen LogP contribution in [-0.4, -0.2) is 71.4 Å². The highest BCUT2D eigenvalue weighted by molar-refractivity contribution is 5.93. The van der Waals surface area contributed by atoms with Gasteiger partial charge in [0.05, 0.1) is 0 Å². The second-order valence-corrected chi connectivity index (χ2v) is 9.53. The minimum atomic E-state index is 0.268. The predicted molar refractivity (Wildman–Crippen MR) is 121 cm³/mol. The molecule has 1 aromatic heterocycles. The number of likely N-dealkylation sites (tertiary alicyclic amines) is 2. The second-order valence-electron chi connectivity index (χ2n) is 9.53. The van der Waals surface area contributed by atoms with Crippen LogP contribution in [0.15, 0.2) is 36.2 Å². The number of allylic oxidation sites excluding steroid dienone is 1. The van der Waals surface area contributed by atoms with E-state index in [9.17, 15) is 4.79 Å². The van der Waals surface area contributed by atoms with Gasteiger partial charge in [0.15, 0.2) is 0 Å². The maximum atomic E-state index is 13.3. The first-order valence-corrected chi connectivity index (χ1v) is 12.0. The minimum absolute atomic E-state index is 0.268. The summed E-state index contributed by atoms with van der Waals surface area (Å²) in [5, 5.41) is 0. The van der Waals surface area contributed by atoms with Crippen molar-refractivity contribution in [1.29, 1.82) is 0 Å². The molecular weight excluding hydrogens is 372 g/mol. The van der Waals surface area contributed by atoms with Crippen molar-refractivity contribution in [2.45, 2.75) is 64.0 Å². The first-order chi connectivity index (χ1) is 14.7. The van der Waals surface area contributed by atoms with Crippen LogP contribution in [-0.2, 0) is 11.3 Å². The van der Waals surface area contributed by atoms with E-state index in [1.54, 1.807) is 0 Å². The molecule has 30 heavy (non-hydrogen) atoms. The van der Waals surface area contributed by atoms with E-state index in [-0.39, 0.29) is 5.91 Å². The molecular formula is C25H38N4O. The molecule has 3 aliphatic rings. The fourth-order valence-electron chi connectivity index (χ4n) is 5.34. The maximum absolute atomic E-state index is 13.3. The summed E-state index contributed by atoms with van der Waals surface area (Å²) < 4.78 is 0. The Morgan fingerprint density at radius 2 is 1.80 bits per heavy atom. The van der Waals surface area contributed by atoms with Gasteiger partial charge < -0.3 is 14.7 Å². The summed E-state index contributed by atoms with van der Waals surface area (Å²) in [4.78, 5) is 24.8. The molecule has 0 atom stereocenters. The molecule has 1 aromatic rings. The molecule has 0 N–H and O–H groups in total. The Bertz CT molecular complexity index is 703. The molecule has 5 heteroatoms. The summed E-state index contributed by atoms with van der Waals surface area (Å²) in [6.45, 7) is 6.44.